The van der Waals surface area contributed by atoms with Gasteiger partial charge >= 0.3 is 0 Å². The zero-order valence-corrected chi connectivity index (χ0v) is 18.7. The molecule has 26 heavy (non-hydrogen) atoms. The molecule has 0 bridgehead atoms. The number of rotatable bonds is 10. The fourth-order valence-electron chi connectivity index (χ4n) is 2.04. The molecule has 2 N–H and O–H groups in total. The van der Waals surface area contributed by atoms with Crippen LogP contribution in [0.5, 0.6) is 5.75 Å². The molecule has 0 fully saturated rings. The summed E-state index contributed by atoms with van der Waals surface area (Å²) in [5.41, 5.74) is 1.21. The van der Waals surface area contributed by atoms with Crippen molar-refractivity contribution >= 4 is 35.8 Å². The van der Waals surface area contributed by atoms with Crippen molar-refractivity contribution in [1.82, 2.24) is 15.5 Å². The average molecular weight is 476 g/mol. The molecule has 0 saturated heterocycles. The Bertz CT molecular complexity index is 550. The van der Waals surface area contributed by atoms with E-state index >= 15 is 0 Å². The molecule has 0 heterocycles. The smallest absolute Gasteiger partial charge is 0.243 e. The van der Waals surface area contributed by atoms with Crippen molar-refractivity contribution in [1.29, 1.82) is 0 Å². The minimum absolute atomic E-state index is 0. The van der Waals surface area contributed by atoms with Crippen LogP contribution in [-0.4, -0.2) is 57.1 Å². The Labute approximate surface area is 174 Å². The van der Waals surface area contributed by atoms with Gasteiger partial charge in [-0.2, -0.15) is 0 Å². The number of guanidine groups is 1. The van der Waals surface area contributed by atoms with Crippen LogP contribution in [0.2, 0.25) is 0 Å². The number of aliphatic imine (C=N–C) groups is 1. The highest BCUT2D eigenvalue weighted by atomic mass is 127. The van der Waals surface area contributed by atoms with Gasteiger partial charge in [0.1, 0.15) is 12.3 Å². The van der Waals surface area contributed by atoms with Gasteiger partial charge in [-0.3, -0.25) is 4.79 Å². The topological polar surface area (TPSA) is 66.0 Å². The average Bonchev–Trinajstić information content (AvgIpc) is 2.61. The second-order valence-corrected chi connectivity index (χ2v) is 6.05. The summed E-state index contributed by atoms with van der Waals surface area (Å²) in [5.74, 6) is 1.57. The molecule has 0 atom stereocenters. The molecular weight excluding hydrogens is 443 g/mol. The third-order valence-electron chi connectivity index (χ3n) is 3.49. The summed E-state index contributed by atoms with van der Waals surface area (Å²) >= 11 is 0. The first-order valence-electron chi connectivity index (χ1n) is 9.00. The molecule has 0 unspecified atom stereocenters. The number of amides is 1. The second kappa shape index (κ2) is 14.6. The molecule has 148 valence electrons. The Balaban J connectivity index is 0.00000625. The van der Waals surface area contributed by atoms with Crippen molar-refractivity contribution in [3.05, 3.63) is 29.8 Å². The summed E-state index contributed by atoms with van der Waals surface area (Å²) in [5, 5.41) is 6.52. The van der Waals surface area contributed by atoms with E-state index in [0.717, 1.165) is 44.7 Å². The number of halogens is 1. The molecule has 1 amide bonds. The molecule has 0 saturated carbocycles. The molecule has 1 aromatic rings. The van der Waals surface area contributed by atoms with Gasteiger partial charge in [0.15, 0.2) is 5.96 Å². The van der Waals surface area contributed by atoms with Crippen LogP contribution >= 0.6 is 24.0 Å². The van der Waals surface area contributed by atoms with Gasteiger partial charge in [0.05, 0.1) is 6.61 Å². The third-order valence-corrected chi connectivity index (χ3v) is 3.49. The monoisotopic (exact) mass is 476 g/mol. The van der Waals surface area contributed by atoms with Gasteiger partial charge in [-0.25, -0.2) is 4.99 Å². The van der Waals surface area contributed by atoms with E-state index in [0.29, 0.717) is 5.96 Å². The Hall–Kier alpha value is -1.51. The molecule has 0 aromatic heterocycles. The number of carbonyl (C=O) groups excluding carboxylic acids is 1. The Morgan fingerprint density at radius 3 is 2.54 bits per heavy atom. The van der Waals surface area contributed by atoms with Crippen LogP contribution < -0.4 is 15.4 Å². The Morgan fingerprint density at radius 2 is 1.88 bits per heavy atom. The van der Waals surface area contributed by atoms with Gasteiger partial charge in [0.25, 0.3) is 0 Å². The summed E-state index contributed by atoms with van der Waals surface area (Å²) in [6.07, 6.45) is 2.86. The van der Waals surface area contributed by atoms with Gasteiger partial charge in [0, 0.05) is 27.2 Å². The lowest BCUT2D eigenvalue weighted by Crippen LogP contribution is -2.39. The van der Waals surface area contributed by atoms with E-state index in [4.69, 9.17) is 4.74 Å². The van der Waals surface area contributed by atoms with Crippen LogP contribution in [0.25, 0.3) is 0 Å². The summed E-state index contributed by atoms with van der Waals surface area (Å²) in [7, 11) is 3.47. The molecule has 0 aliphatic carbocycles. The maximum absolute atomic E-state index is 11.7. The van der Waals surface area contributed by atoms with Crippen LogP contribution in [0, 0.1) is 0 Å². The molecule has 0 aliphatic rings. The van der Waals surface area contributed by atoms with E-state index in [-0.39, 0.29) is 36.4 Å². The quantitative estimate of drug-likeness (QED) is 0.310. The zero-order valence-electron chi connectivity index (χ0n) is 16.4. The standard InChI is InChI=1S/C19H32N4O2.HI/c1-5-11-20-19(22-15-18(24)23(3)4)21-12-10-16-8-7-9-17(14-16)25-13-6-2;/h7-9,14H,5-6,10-13,15H2,1-4H3,(H2,20,21,22);1H. The number of benzene rings is 1. The van der Waals surface area contributed by atoms with Crippen molar-refractivity contribution in [3.63, 3.8) is 0 Å². The lowest BCUT2D eigenvalue weighted by atomic mass is 10.1. The minimum atomic E-state index is -0.0154. The second-order valence-electron chi connectivity index (χ2n) is 6.05. The summed E-state index contributed by atoms with van der Waals surface area (Å²) < 4.78 is 5.67. The van der Waals surface area contributed by atoms with Crippen LogP contribution in [0.4, 0.5) is 0 Å². The van der Waals surface area contributed by atoms with Gasteiger partial charge in [0.2, 0.25) is 5.91 Å². The molecule has 1 aromatic carbocycles. The molecule has 0 radical (unpaired) electrons. The van der Waals surface area contributed by atoms with Gasteiger partial charge in [-0.15, -0.1) is 24.0 Å². The van der Waals surface area contributed by atoms with Crippen LogP contribution in [0.1, 0.15) is 32.3 Å². The predicted octanol–water partition coefficient (Wildman–Crippen LogP) is 2.67. The number of likely N-dealkylation sites (N-methyl/N-ethyl adjacent to an activating group) is 1. The molecule has 6 nitrogen and oxygen atoms in total. The van der Waals surface area contributed by atoms with Gasteiger partial charge < -0.3 is 20.3 Å². The summed E-state index contributed by atoms with van der Waals surface area (Å²) in [6.45, 7) is 6.63. The van der Waals surface area contributed by atoms with Gasteiger partial charge in [-0.1, -0.05) is 26.0 Å². The number of hydrogen-bond donors (Lipinski definition) is 2. The highest BCUT2D eigenvalue weighted by Gasteiger charge is 2.04. The molecule has 7 heteroatoms. The van der Waals surface area contributed by atoms with E-state index in [1.54, 1.807) is 19.0 Å². The molecule has 1 rings (SSSR count). The van der Waals surface area contributed by atoms with Crippen LogP contribution in [0.3, 0.4) is 0 Å². The number of nitrogens with one attached hydrogen (secondary N) is 2. The molecule has 0 spiro atoms. The number of carbonyl (C=O) groups is 1. The number of nitrogens with zero attached hydrogens (tertiary/aromatic N) is 2. The first kappa shape index (κ1) is 24.5. The highest BCUT2D eigenvalue weighted by molar-refractivity contribution is 14.0. The Kier molecular flexibility index (Phi) is 13.8. The Morgan fingerprint density at radius 1 is 1.15 bits per heavy atom. The van der Waals surface area contributed by atoms with Crippen molar-refractivity contribution in [2.75, 3.05) is 40.3 Å². The van der Waals surface area contributed by atoms with Gasteiger partial charge in [-0.05, 0) is 37.0 Å². The normalized spacial score (nSPS) is 10.7. The van der Waals surface area contributed by atoms with E-state index in [2.05, 4.69) is 41.6 Å². The lowest BCUT2D eigenvalue weighted by Gasteiger charge is -2.13. The maximum atomic E-state index is 11.7. The SMILES string of the molecule is CCCNC(=NCC(=O)N(C)C)NCCc1cccc(OCCC)c1.I. The third kappa shape index (κ3) is 10.5. The minimum Gasteiger partial charge on any atom is -0.494 e. The maximum Gasteiger partial charge on any atom is 0.243 e. The fourth-order valence-corrected chi connectivity index (χ4v) is 2.04. The van der Waals surface area contributed by atoms with E-state index in [1.807, 2.05) is 12.1 Å². The summed E-state index contributed by atoms with van der Waals surface area (Å²) in [6, 6.07) is 8.16. The molecular formula is C19H33IN4O2. The first-order valence-corrected chi connectivity index (χ1v) is 9.00. The lowest BCUT2D eigenvalue weighted by molar-refractivity contribution is -0.127. The molecule has 0 aliphatic heterocycles. The number of ether oxygens (including phenoxy) is 1. The largest absolute Gasteiger partial charge is 0.494 e. The zero-order chi connectivity index (χ0) is 18.5. The van der Waals surface area contributed by atoms with Crippen LogP contribution in [-0.2, 0) is 11.2 Å². The van der Waals surface area contributed by atoms with Crippen molar-refractivity contribution in [2.24, 2.45) is 4.99 Å². The number of hydrogen-bond acceptors (Lipinski definition) is 3. The first-order chi connectivity index (χ1) is 12.1. The van der Waals surface area contributed by atoms with E-state index in [9.17, 15) is 4.79 Å². The highest BCUT2D eigenvalue weighted by Crippen LogP contribution is 2.13. The van der Waals surface area contributed by atoms with Crippen LogP contribution in [0.15, 0.2) is 29.3 Å². The summed E-state index contributed by atoms with van der Waals surface area (Å²) in [4.78, 5) is 17.6. The van der Waals surface area contributed by atoms with Crippen molar-refractivity contribution in [2.45, 2.75) is 33.1 Å². The van der Waals surface area contributed by atoms with E-state index < -0.39 is 0 Å². The predicted molar refractivity (Wildman–Crippen MR) is 119 cm³/mol. The van der Waals surface area contributed by atoms with E-state index in [1.165, 1.54) is 5.56 Å². The van der Waals surface area contributed by atoms with Crippen molar-refractivity contribution in [3.8, 4) is 5.75 Å². The fraction of sp³-hybridized carbons (Fsp3) is 0.579. The van der Waals surface area contributed by atoms with Crippen molar-refractivity contribution < 1.29 is 9.53 Å².